The van der Waals surface area contributed by atoms with Crippen LogP contribution in [0.1, 0.15) is 59.4 Å². The minimum absolute atomic E-state index is 0.00525. The Balaban J connectivity index is 1.39. The van der Waals surface area contributed by atoms with Gasteiger partial charge in [-0.3, -0.25) is 9.80 Å². The van der Waals surface area contributed by atoms with Crippen molar-refractivity contribution in [3.63, 3.8) is 0 Å². The largest absolute Gasteiger partial charge is 0.474 e. The predicted octanol–water partition coefficient (Wildman–Crippen LogP) is 5.92. The maximum atomic E-state index is 17.3. The van der Waals surface area contributed by atoms with E-state index in [-0.39, 0.29) is 76.5 Å². The molecule has 274 valence electrons. The molecule has 2 aromatic heterocycles. The summed E-state index contributed by atoms with van der Waals surface area (Å²) in [5.74, 6) is 1.51. The predicted molar refractivity (Wildman–Crippen MR) is 194 cm³/mol. The summed E-state index contributed by atoms with van der Waals surface area (Å²) in [5.41, 5.74) is -0.564. The van der Waals surface area contributed by atoms with Crippen molar-refractivity contribution in [1.82, 2.24) is 24.8 Å². The number of fused-ring (bicyclic) bond motifs is 4. The number of amides is 1. The van der Waals surface area contributed by atoms with E-state index in [1.807, 2.05) is 56.4 Å². The third kappa shape index (κ3) is 6.65. The van der Waals surface area contributed by atoms with Gasteiger partial charge in [-0.1, -0.05) is 30.2 Å². The molecule has 3 aliphatic heterocycles. The lowest BCUT2D eigenvalue weighted by atomic mass is 9.96. The van der Waals surface area contributed by atoms with Crippen LogP contribution in [0, 0.1) is 24.0 Å². The number of likely N-dealkylation sites (N-methyl/N-ethyl adjacent to an activating group) is 1. The quantitative estimate of drug-likeness (QED) is 0.232. The number of carbonyl (C=O) groups excluding carboxylic acids is 1. The van der Waals surface area contributed by atoms with Gasteiger partial charge in [-0.05, 0) is 72.4 Å². The van der Waals surface area contributed by atoms with Gasteiger partial charge in [0.2, 0.25) is 5.88 Å². The van der Waals surface area contributed by atoms with Crippen molar-refractivity contribution in [3.8, 4) is 35.5 Å². The van der Waals surface area contributed by atoms with E-state index in [9.17, 15) is 9.90 Å². The second-order valence-electron chi connectivity index (χ2n) is 15.2. The first kappa shape index (κ1) is 35.6. The monoisotopic (exact) mass is 714 g/mol. The smallest absolute Gasteiger partial charge is 0.410 e. The molecule has 2 aromatic carbocycles. The number of halogens is 2. The molecule has 2 unspecified atom stereocenters. The van der Waals surface area contributed by atoms with Crippen molar-refractivity contribution in [3.05, 3.63) is 47.5 Å². The van der Waals surface area contributed by atoms with Gasteiger partial charge in [0, 0.05) is 36.6 Å². The molecule has 0 spiro atoms. The third-order valence-corrected chi connectivity index (χ3v) is 9.91. The van der Waals surface area contributed by atoms with Crippen LogP contribution in [0.25, 0.3) is 32.9 Å². The number of aliphatic hydroxyl groups is 1. The number of β-amino-alcohol motifs (C(OH)–C–C–N with tert-alkyl or cyclic N) is 1. The molecule has 0 aliphatic carbocycles. The van der Waals surface area contributed by atoms with Crippen LogP contribution in [0.5, 0.6) is 11.9 Å². The highest BCUT2D eigenvalue weighted by atomic mass is 19.1. The zero-order chi connectivity index (χ0) is 37.1. The van der Waals surface area contributed by atoms with Crippen LogP contribution in [0.2, 0.25) is 0 Å². The van der Waals surface area contributed by atoms with E-state index in [1.54, 1.807) is 24.3 Å². The molecular formula is C39H44F2N6O5. The first-order valence-electron chi connectivity index (χ1n) is 17.8. The first-order chi connectivity index (χ1) is 24.7. The molecule has 11 nitrogen and oxygen atoms in total. The van der Waals surface area contributed by atoms with Crippen molar-refractivity contribution < 1.29 is 32.9 Å². The van der Waals surface area contributed by atoms with Gasteiger partial charge in [0.15, 0.2) is 5.82 Å². The van der Waals surface area contributed by atoms with Crippen molar-refractivity contribution >= 4 is 33.6 Å². The Morgan fingerprint density at radius 2 is 1.79 bits per heavy atom. The number of hydrogen-bond acceptors (Lipinski definition) is 10. The number of ether oxygens (including phenoxy) is 3. The number of benzene rings is 2. The summed E-state index contributed by atoms with van der Waals surface area (Å²) in [4.78, 5) is 33.4. The Hall–Kier alpha value is -4.80. The van der Waals surface area contributed by atoms with Gasteiger partial charge in [0.05, 0.1) is 29.9 Å². The molecule has 5 heterocycles. The highest BCUT2D eigenvalue weighted by Crippen LogP contribution is 2.43. The van der Waals surface area contributed by atoms with Gasteiger partial charge < -0.3 is 24.2 Å². The van der Waals surface area contributed by atoms with Crippen molar-refractivity contribution in [2.45, 2.75) is 89.8 Å². The van der Waals surface area contributed by atoms with Crippen LogP contribution in [-0.2, 0) is 4.74 Å². The van der Waals surface area contributed by atoms with Crippen molar-refractivity contribution in [1.29, 1.82) is 0 Å². The molecule has 3 fully saturated rings. The van der Waals surface area contributed by atoms with E-state index in [0.29, 0.717) is 42.6 Å². The fourth-order valence-electron chi connectivity index (χ4n) is 7.68. The summed E-state index contributed by atoms with van der Waals surface area (Å²) in [6.07, 6.45) is 6.61. The van der Waals surface area contributed by atoms with E-state index >= 15 is 8.78 Å². The number of likely N-dealkylation sites (tertiary alicyclic amines) is 1. The molecule has 0 saturated carbocycles. The highest BCUT2D eigenvalue weighted by Gasteiger charge is 2.45. The van der Waals surface area contributed by atoms with Gasteiger partial charge in [-0.15, -0.1) is 6.42 Å². The number of rotatable bonds is 7. The molecule has 3 aliphatic rings. The summed E-state index contributed by atoms with van der Waals surface area (Å²) in [6.45, 7) is 10.7. The lowest BCUT2D eigenvalue weighted by Gasteiger charge is -2.42. The van der Waals surface area contributed by atoms with Crippen LogP contribution < -0.4 is 14.4 Å². The Kier molecular flexibility index (Phi) is 9.33. The number of carbonyl (C=O) groups is 1. The second kappa shape index (κ2) is 13.6. The van der Waals surface area contributed by atoms with E-state index < -0.39 is 23.3 Å². The van der Waals surface area contributed by atoms with E-state index in [0.717, 1.165) is 12.8 Å². The van der Waals surface area contributed by atoms with Crippen LogP contribution in [0.15, 0.2) is 30.3 Å². The molecular weight excluding hydrogens is 670 g/mol. The molecule has 0 radical (unpaired) electrons. The fraction of sp³-hybridized carbons (Fsp3) is 0.487. The third-order valence-electron chi connectivity index (χ3n) is 9.91. The number of hydrogen-bond donors (Lipinski definition) is 1. The first-order valence-corrected chi connectivity index (χ1v) is 17.8. The summed E-state index contributed by atoms with van der Waals surface area (Å²) in [6, 6.07) is 7.54. The fourth-order valence-corrected chi connectivity index (χ4v) is 7.68. The Morgan fingerprint density at radius 3 is 2.42 bits per heavy atom. The van der Waals surface area contributed by atoms with Crippen LogP contribution in [0.3, 0.4) is 0 Å². The molecule has 13 heteroatoms. The van der Waals surface area contributed by atoms with Gasteiger partial charge in [-0.2, -0.15) is 9.97 Å². The SMILES string of the molecule is C#Cc1c(F)ccc2cccc(-c3nc(OC(C)C)c4c(N5CC6CCC(C5)N6C(=O)OC(C)(C)C)nc(OC[C@@H]5C[C@@H](O)CN5C)nc4c3F)c12. The van der Waals surface area contributed by atoms with Crippen molar-refractivity contribution in [2.24, 2.45) is 0 Å². The zero-order valence-electron chi connectivity index (χ0n) is 30.3. The summed E-state index contributed by atoms with van der Waals surface area (Å²) in [7, 11) is 1.90. The van der Waals surface area contributed by atoms with Gasteiger partial charge >= 0.3 is 12.1 Å². The maximum Gasteiger partial charge on any atom is 0.410 e. The number of aliphatic hydroxyl groups excluding tert-OH is 1. The Morgan fingerprint density at radius 1 is 1.06 bits per heavy atom. The lowest BCUT2D eigenvalue weighted by molar-refractivity contribution is 0.0122. The van der Waals surface area contributed by atoms with Gasteiger partial charge in [0.25, 0.3) is 0 Å². The summed E-state index contributed by atoms with van der Waals surface area (Å²) >= 11 is 0. The minimum atomic E-state index is -0.775. The van der Waals surface area contributed by atoms with E-state index in [1.165, 1.54) is 6.07 Å². The number of terminal acetylenes is 1. The topological polar surface area (TPSA) is 113 Å². The van der Waals surface area contributed by atoms with Gasteiger partial charge in [0.1, 0.15) is 40.4 Å². The van der Waals surface area contributed by atoms with Crippen LogP contribution >= 0.6 is 0 Å². The highest BCUT2D eigenvalue weighted by molar-refractivity contribution is 6.03. The Labute approximate surface area is 301 Å². The summed E-state index contributed by atoms with van der Waals surface area (Å²) in [5, 5.41) is 11.4. The molecule has 52 heavy (non-hydrogen) atoms. The summed E-state index contributed by atoms with van der Waals surface area (Å²) < 4.78 is 50.6. The standard InChI is InChI=1S/C39H44F2N6O5/c1-8-27-29(40)15-12-22-10-9-11-28(30(22)27)33-32(41)34-31(36(42-33)51-21(2)3)35(44-37(43-34)50-20-25-16-26(48)19-45(25)7)46-17-23-13-14-24(18-46)47(23)38(49)52-39(4,5)6/h1,9-12,15,21,23-26,48H,13-14,16-20H2,2-7H3/t23?,24?,25-,26+/m0/s1. The number of anilines is 1. The normalized spacial score (nSPS) is 22.0. The molecule has 1 amide bonds. The molecule has 1 N–H and O–H groups in total. The van der Waals surface area contributed by atoms with E-state index in [2.05, 4.69) is 10.9 Å². The average molecular weight is 715 g/mol. The maximum absolute atomic E-state index is 17.3. The number of pyridine rings is 1. The number of aromatic nitrogens is 3. The molecule has 2 bridgehead atoms. The Bertz CT molecular complexity index is 2070. The van der Waals surface area contributed by atoms with Gasteiger partial charge in [-0.25, -0.2) is 18.6 Å². The zero-order valence-corrected chi connectivity index (χ0v) is 30.3. The molecule has 3 saturated heterocycles. The number of piperazine rings is 1. The molecule has 4 atom stereocenters. The molecule has 4 aromatic rings. The minimum Gasteiger partial charge on any atom is -0.474 e. The number of nitrogens with zero attached hydrogens (tertiary/aromatic N) is 6. The average Bonchev–Trinajstić information content (AvgIpc) is 3.55. The van der Waals surface area contributed by atoms with Crippen LogP contribution in [-0.4, -0.2) is 105 Å². The second-order valence-corrected chi connectivity index (χ2v) is 15.2. The van der Waals surface area contributed by atoms with Crippen LogP contribution in [0.4, 0.5) is 19.4 Å². The lowest BCUT2D eigenvalue weighted by Crippen LogP contribution is -2.57. The van der Waals surface area contributed by atoms with E-state index in [4.69, 9.17) is 30.6 Å². The van der Waals surface area contributed by atoms with Crippen molar-refractivity contribution in [2.75, 3.05) is 38.2 Å². The molecule has 7 rings (SSSR count).